The molecular formula is C30H36N8O5S. The lowest BCUT2D eigenvalue weighted by atomic mass is 9.83. The Hall–Kier alpha value is -4.27. The highest BCUT2D eigenvalue weighted by molar-refractivity contribution is 7.92. The van der Waals surface area contributed by atoms with Crippen LogP contribution in [0.4, 0.5) is 11.5 Å². The maximum absolute atomic E-state index is 13.1. The topological polar surface area (TPSA) is 179 Å². The maximum Gasteiger partial charge on any atom is 0.368 e. The van der Waals surface area contributed by atoms with Crippen LogP contribution in [0.15, 0.2) is 70.5 Å². The van der Waals surface area contributed by atoms with E-state index in [0.717, 1.165) is 18.4 Å². The summed E-state index contributed by atoms with van der Waals surface area (Å²) in [6, 6.07) is 14.6. The van der Waals surface area contributed by atoms with Crippen molar-refractivity contribution in [3.63, 3.8) is 0 Å². The Bertz CT molecular complexity index is 1750. The Morgan fingerprint density at radius 1 is 1.07 bits per heavy atom. The number of sulfonamides is 1. The quantitative estimate of drug-likeness (QED) is 0.184. The van der Waals surface area contributed by atoms with Crippen LogP contribution in [0.1, 0.15) is 49.3 Å². The molecule has 6 rings (SSSR count). The van der Waals surface area contributed by atoms with Crippen LogP contribution in [0, 0.1) is 5.92 Å². The number of aliphatic hydroxyl groups excluding tert-OH is 1. The molecule has 1 aliphatic heterocycles. The summed E-state index contributed by atoms with van der Waals surface area (Å²) in [5.74, 6) is 1.75. The number of rotatable bonds is 12. The molecule has 2 aromatic carbocycles. The number of ether oxygens (including phenoxy) is 1. The molecule has 0 amide bonds. The van der Waals surface area contributed by atoms with Gasteiger partial charge in [-0.25, -0.2) is 18.2 Å². The van der Waals surface area contributed by atoms with Crippen LogP contribution >= 0.6 is 0 Å². The lowest BCUT2D eigenvalue weighted by Gasteiger charge is -2.27. The maximum atomic E-state index is 13.1. The summed E-state index contributed by atoms with van der Waals surface area (Å²) in [5, 5.41) is 21.6. The number of hydrogen-bond acceptors (Lipinski definition) is 10. The highest BCUT2D eigenvalue weighted by Crippen LogP contribution is 2.31. The molecular weight excluding hydrogens is 584 g/mol. The van der Waals surface area contributed by atoms with Crippen molar-refractivity contribution in [1.29, 1.82) is 0 Å². The number of nitrogens with zero attached hydrogens (tertiary/aromatic N) is 5. The normalized spacial score (nSPS) is 17.3. The Labute approximate surface area is 255 Å². The van der Waals surface area contributed by atoms with Crippen LogP contribution in [-0.2, 0) is 23.0 Å². The van der Waals surface area contributed by atoms with Crippen molar-refractivity contribution in [3.8, 4) is 11.4 Å². The second kappa shape index (κ2) is 12.8. The number of nitrogens with two attached hydrogens (primary N) is 1. The van der Waals surface area contributed by atoms with Gasteiger partial charge in [0.15, 0.2) is 0 Å². The molecule has 13 nitrogen and oxygen atoms in total. The SMILES string of the molecule is Nc1ccc(C(O)CNCC2CCc3cc(NS(=O)(=O)c4ccc(-n5nnn(CCC6CCC6)c5=O)cc4)ccc3O2)cn1. The van der Waals surface area contributed by atoms with E-state index in [4.69, 9.17) is 10.5 Å². The van der Waals surface area contributed by atoms with Crippen LogP contribution in [0.2, 0.25) is 0 Å². The number of anilines is 2. The van der Waals surface area contributed by atoms with E-state index in [1.165, 1.54) is 40.8 Å². The lowest BCUT2D eigenvalue weighted by Crippen LogP contribution is -2.36. The molecule has 2 aliphatic rings. The number of fused-ring (bicyclic) bond motifs is 1. The molecule has 2 atom stereocenters. The molecule has 0 saturated heterocycles. The van der Waals surface area contributed by atoms with Gasteiger partial charge in [-0.15, -0.1) is 0 Å². The Kier molecular flexibility index (Phi) is 8.64. The third-order valence-corrected chi connectivity index (χ3v) is 9.65. The van der Waals surface area contributed by atoms with Crippen molar-refractivity contribution in [3.05, 3.63) is 82.4 Å². The first-order chi connectivity index (χ1) is 21.2. The summed E-state index contributed by atoms with van der Waals surface area (Å²) >= 11 is 0. The number of aryl methyl sites for hydroxylation is 2. The first kappa shape index (κ1) is 29.8. The van der Waals surface area contributed by atoms with Crippen LogP contribution in [-0.4, -0.2) is 57.5 Å². The van der Waals surface area contributed by atoms with E-state index in [0.29, 0.717) is 60.5 Å². The van der Waals surface area contributed by atoms with Gasteiger partial charge in [0.2, 0.25) is 0 Å². The monoisotopic (exact) mass is 620 g/mol. The molecule has 0 spiro atoms. The predicted molar refractivity (Wildman–Crippen MR) is 164 cm³/mol. The Morgan fingerprint density at radius 2 is 1.89 bits per heavy atom. The summed E-state index contributed by atoms with van der Waals surface area (Å²) in [7, 11) is -3.88. The van der Waals surface area contributed by atoms with Crippen LogP contribution in [0.25, 0.3) is 5.69 Å². The van der Waals surface area contributed by atoms with Gasteiger partial charge in [0, 0.05) is 37.1 Å². The number of pyridine rings is 1. The number of tetrazole rings is 1. The highest BCUT2D eigenvalue weighted by Gasteiger charge is 2.23. The van der Waals surface area contributed by atoms with Crippen molar-refractivity contribution >= 4 is 21.5 Å². The lowest BCUT2D eigenvalue weighted by molar-refractivity contribution is 0.146. The number of benzene rings is 2. The fourth-order valence-corrected chi connectivity index (χ4v) is 6.46. The molecule has 1 saturated carbocycles. The zero-order valence-corrected chi connectivity index (χ0v) is 25.0. The summed E-state index contributed by atoms with van der Waals surface area (Å²) in [6.45, 7) is 1.42. The van der Waals surface area contributed by atoms with Gasteiger partial charge < -0.3 is 20.9 Å². The summed E-state index contributed by atoms with van der Waals surface area (Å²) < 4.78 is 37.6. The molecule has 0 bridgehead atoms. The average Bonchev–Trinajstić information content (AvgIpc) is 3.36. The van der Waals surface area contributed by atoms with Gasteiger partial charge >= 0.3 is 5.69 Å². The van der Waals surface area contributed by atoms with Crippen LogP contribution in [0.5, 0.6) is 5.75 Å². The van der Waals surface area contributed by atoms with Crippen LogP contribution < -0.4 is 26.2 Å². The van der Waals surface area contributed by atoms with E-state index in [1.807, 2.05) is 0 Å². The molecule has 44 heavy (non-hydrogen) atoms. The molecule has 14 heteroatoms. The van der Waals surface area contributed by atoms with E-state index in [-0.39, 0.29) is 16.7 Å². The van der Waals surface area contributed by atoms with Crippen molar-refractivity contribution < 1.29 is 18.3 Å². The summed E-state index contributed by atoms with van der Waals surface area (Å²) in [6.07, 6.45) is 6.76. The van der Waals surface area contributed by atoms with Crippen molar-refractivity contribution in [2.24, 2.45) is 5.92 Å². The van der Waals surface area contributed by atoms with Crippen molar-refractivity contribution in [1.82, 2.24) is 30.1 Å². The van der Waals surface area contributed by atoms with Gasteiger partial charge in [0.1, 0.15) is 17.7 Å². The van der Waals surface area contributed by atoms with E-state index < -0.39 is 16.1 Å². The minimum Gasteiger partial charge on any atom is -0.489 e. The zero-order chi connectivity index (χ0) is 30.7. The number of hydrogen-bond donors (Lipinski definition) is 4. The van der Waals surface area contributed by atoms with E-state index in [2.05, 4.69) is 25.4 Å². The third kappa shape index (κ3) is 6.77. The summed E-state index contributed by atoms with van der Waals surface area (Å²) in [5.41, 5.74) is 7.72. The van der Waals surface area contributed by atoms with Gasteiger partial charge in [-0.1, -0.05) is 25.3 Å². The Morgan fingerprint density at radius 3 is 2.61 bits per heavy atom. The molecule has 3 heterocycles. The minimum atomic E-state index is -3.88. The predicted octanol–water partition coefficient (Wildman–Crippen LogP) is 2.41. The molecule has 2 unspecified atom stereocenters. The van der Waals surface area contributed by atoms with Gasteiger partial charge in [0.05, 0.1) is 16.7 Å². The number of nitrogens with one attached hydrogen (secondary N) is 2. The second-order valence-corrected chi connectivity index (χ2v) is 13.1. The first-order valence-electron chi connectivity index (χ1n) is 14.8. The van der Waals surface area contributed by atoms with Gasteiger partial charge in [-0.2, -0.15) is 9.36 Å². The molecule has 1 aliphatic carbocycles. The van der Waals surface area contributed by atoms with Crippen molar-refractivity contribution in [2.75, 3.05) is 23.5 Å². The molecule has 0 radical (unpaired) electrons. The molecule has 5 N–H and O–H groups in total. The van der Waals surface area contributed by atoms with Crippen molar-refractivity contribution in [2.45, 2.75) is 62.2 Å². The average molecular weight is 621 g/mol. The largest absolute Gasteiger partial charge is 0.489 e. The smallest absolute Gasteiger partial charge is 0.368 e. The van der Waals surface area contributed by atoms with Gasteiger partial charge in [0.25, 0.3) is 10.0 Å². The van der Waals surface area contributed by atoms with E-state index in [9.17, 15) is 18.3 Å². The zero-order valence-electron chi connectivity index (χ0n) is 24.2. The molecule has 232 valence electrons. The third-order valence-electron chi connectivity index (χ3n) is 8.25. The number of aliphatic hydroxyl groups is 1. The standard InChI is InChI=1S/C30H36N8O5S/c31-29-13-5-22(17-33-29)27(39)19-32-18-25-9-4-21-16-23(6-12-28(21)43-25)34-44(41,42)26-10-7-24(8-11-26)38-30(40)37(35-36-38)15-14-20-2-1-3-20/h5-8,10-13,16-17,20,25,27,32,34,39H,1-4,9,14-15,18-19H2,(H2,31,33). The Balaban J connectivity index is 1.03. The van der Waals surface area contributed by atoms with E-state index in [1.54, 1.807) is 48.7 Å². The fraction of sp³-hybridized carbons (Fsp3) is 0.400. The molecule has 2 aromatic heterocycles. The van der Waals surface area contributed by atoms with E-state index >= 15 is 0 Å². The highest BCUT2D eigenvalue weighted by atomic mass is 32.2. The van der Waals surface area contributed by atoms with Gasteiger partial charge in [-0.05, 0) is 89.7 Å². The van der Waals surface area contributed by atoms with Gasteiger partial charge in [-0.3, -0.25) is 4.72 Å². The van der Waals surface area contributed by atoms with Crippen LogP contribution in [0.3, 0.4) is 0 Å². The summed E-state index contributed by atoms with van der Waals surface area (Å²) in [4.78, 5) is 16.8. The fourth-order valence-electron chi connectivity index (χ4n) is 5.41. The minimum absolute atomic E-state index is 0.0590. The first-order valence-corrected chi connectivity index (χ1v) is 16.3. The molecule has 1 fully saturated rings. The number of nitrogen functional groups attached to an aromatic ring is 1. The molecule has 4 aromatic rings. The second-order valence-electron chi connectivity index (χ2n) is 11.4. The number of aromatic nitrogens is 5.